The summed E-state index contributed by atoms with van der Waals surface area (Å²) in [5, 5.41) is 6.33. The SMILES string of the molecule is O=C(Nc1ccc(F)cc1F)N1CCCC1c1nc(-c2ccc(F)cc2)no1. The van der Waals surface area contributed by atoms with Crippen LogP contribution in [0.4, 0.5) is 23.7 Å². The molecule has 0 radical (unpaired) electrons. The number of amides is 2. The average Bonchev–Trinajstić information content (AvgIpc) is 3.33. The molecule has 1 aromatic heterocycles. The Morgan fingerprint density at radius 3 is 2.61 bits per heavy atom. The van der Waals surface area contributed by atoms with Crippen LogP contribution in [-0.2, 0) is 0 Å². The molecule has 6 nitrogen and oxygen atoms in total. The Hall–Kier alpha value is -3.36. The maximum atomic E-state index is 13.8. The number of benzene rings is 2. The van der Waals surface area contributed by atoms with Gasteiger partial charge in [0, 0.05) is 18.2 Å². The van der Waals surface area contributed by atoms with E-state index in [-0.39, 0.29) is 23.2 Å². The van der Waals surface area contributed by atoms with Crippen LogP contribution in [0.3, 0.4) is 0 Å². The normalized spacial score (nSPS) is 16.4. The third-order valence-corrected chi connectivity index (χ3v) is 4.52. The van der Waals surface area contributed by atoms with Gasteiger partial charge >= 0.3 is 6.03 Å². The van der Waals surface area contributed by atoms with E-state index >= 15 is 0 Å². The number of hydrogen-bond donors (Lipinski definition) is 1. The predicted octanol–water partition coefficient (Wildman–Crippen LogP) is 4.52. The maximum absolute atomic E-state index is 13.8. The molecule has 0 aliphatic carbocycles. The Morgan fingerprint density at radius 2 is 1.86 bits per heavy atom. The number of halogens is 3. The van der Waals surface area contributed by atoms with Crippen LogP contribution in [0, 0.1) is 17.5 Å². The lowest BCUT2D eigenvalue weighted by molar-refractivity contribution is 0.193. The lowest BCUT2D eigenvalue weighted by Gasteiger charge is -2.22. The van der Waals surface area contributed by atoms with E-state index in [0.29, 0.717) is 31.0 Å². The number of urea groups is 1. The number of likely N-dealkylation sites (tertiary alicyclic amines) is 1. The summed E-state index contributed by atoms with van der Waals surface area (Å²) < 4.78 is 45.2. The molecular weight excluding hydrogens is 373 g/mol. The molecule has 0 spiro atoms. The van der Waals surface area contributed by atoms with Crippen LogP contribution in [0.2, 0.25) is 0 Å². The molecule has 4 rings (SSSR count). The van der Waals surface area contributed by atoms with Crippen molar-refractivity contribution in [1.82, 2.24) is 15.0 Å². The molecule has 144 valence electrons. The van der Waals surface area contributed by atoms with E-state index in [1.807, 2.05) is 0 Å². The first-order chi connectivity index (χ1) is 13.5. The largest absolute Gasteiger partial charge is 0.337 e. The minimum absolute atomic E-state index is 0.116. The number of carbonyl (C=O) groups excluding carboxylic acids is 1. The van der Waals surface area contributed by atoms with Crippen molar-refractivity contribution >= 4 is 11.7 Å². The summed E-state index contributed by atoms with van der Waals surface area (Å²) in [5.41, 5.74) is 0.466. The summed E-state index contributed by atoms with van der Waals surface area (Å²) >= 11 is 0. The Labute approximate surface area is 158 Å². The monoisotopic (exact) mass is 388 g/mol. The number of aromatic nitrogens is 2. The third-order valence-electron chi connectivity index (χ3n) is 4.52. The minimum Gasteiger partial charge on any atom is -0.337 e. The zero-order valence-corrected chi connectivity index (χ0v) is 14.5. The molecule has 9 heteroatoms. The van der Waals surface area contributed by atoms with Crippen LogP contribution in [0.5, 0.6) is 0 Å². The third kappa shape index (κ3) is 3.55. The Morgan fingerprint density at radius 1 is 1.11 bits per heavy atom. The second kappa shape index (κ2) is 7.34. The average molecular weight is 388 g/mol. The second-order valence-corrected chi connectivity index (χ2v) is 6.37. The highest BCUT2D eigenvalue weighted by atomic mass is 19.1. The van der Waals surface area contributed by atoms with Gasteiger partial charge in [0.2, 0.25) is 11.7 Å². The first-order valence-electron chi connectivity index (χ1n) is 8.63. The Balaban J connectivity index is 1.52. The minimum atomic E-state index is -0.861. The molecule has 0 bridgehead atoms. The molecule has 2 amide bonds. The van der Waals surface area contributed by atoms with Gasteiger partial charge in [0.05, 0.1) is 5.69 Å². The second-order valence-electron chi connectivity index (χ2n) is 6.37. The van der Waals surface area contributed by atoms with Crippen LogP contribution in [0.1, 0.15) is 24.8 Å². The van der Waals surface area contributed by atoms with E-state index < -0.39 is 23.7 Å². The van der Waals surface area contributed by atoms with E-state index in [9.17, 15) is 18.0 Å². The molecule has 1 aliphatic rings. The van der Waals surface area contributed by atoms with Gasteiger partial charge in [-0.05, 0) is 49.2 Å². The summed E-state index contributed by atoms with van der Waals surface area (Å²) in [6.07, 6.45) is 1.31. The molecule has 2 heterocycles. The summed E-state index contributed by atoms with van der Waals surface area (Å²) in [4.78, 5) is 18.4. The van der Waals surface area contributed by atoms with Crippen LogP contribution in [-0.4, -0.2) is 27.6 Å². The number of hydrogen-bond acceptors (Lipinski definition) is 4. The number of nitrogens with one attached hydrogen (secondary N) is 1. The van der Waals surface area contributed by atoms with E-state index in [1.54, 1.807) is 0 Å². The van der Waals surface area contributed by atoms with Gasteiger partial charge in [0.15, 0.2) is 0 Å². The molecule has 0 saturated carbocycles. The van der Waals surface area contributed by atoms with Gasteiger partial charge < -0.3 is 14.7 Å². The lowest BCUT2D eigenvalue weighted by atomic mass is 10.2. The van der Waals surface area contributed by atoms with Crippen molar-refractivity contribution in [2.75, 3.05) is 11.9 Å². The van der Waals surface area contributed by atoms with Crippen molar-refractivity contribution < 1.29 is 22.5 Å². The zero-order valence-electron chi connectivity index (χ0n) is 14.5. The predicted molar refractivity (Wildman–Crippen MR) is 93.7 cm³/mol. The Kier molecular flexibility index (Phi) is 4.72. The number of nitrogens with zero attached hydrogens (tertiary/aromatic N) is 3. The highest BCUT2D eigenvalue weighted by Crippen LogP contribution is 2.32. The fourth-order valence-corrected chi connectivity index (χ4v) is 3.13. The molecular formula is C19H15F3N4O2. The van der Waals surface area contributed by atoms with E-state index in [0.717, 1.165) is 12.1 Å². The molecule has 1 saturated heterocycles. The number of anilines is 1. The highest BCUT2D eigenvalue weighted by molar-refractivity contribution is 5.89. The van der Waals surface area contributed by atoms with Crippen molar-refractivity contribution in [2.45, 2.75) is 18.9 Å². The smallest absolute Gasteiger partial charge is 0.322 e. The molecule has 2 aromatic carbocycles. The fraction of sp³-hybridized carbons (Fsp3) is 0.211. The van der Waals surface area contributed by atoms with Gasteiger partial charge in [-0.2, -0.15) is 4.98 Å². The number of carbonyl (C=O) groups is 1. The number of rotatable bonds is 3. The van der Waals surface area contributed by atoms with Gasteiger partial charge in [-0.3, -0.25) is 0 Å². The van der Waals surface area contributed by atoms with Crippen LogP contribution >= 0.6 is 0 Å². The van der Waals surface area contributed by atoms with Gasteiger partial charge in [-0.15, -0.1) is 0 Å². The van der Waals surface area contributed by atoms with Crippen molar-refractivity contribution in [1.29, 1.82) is 0 Å². The van der Waals surface area contributed by atoms with Crippen molar-refractivity contribution in [2.24, 2.45) is 0 Å². The molecule has 1 aliphatic heterocycles. The lowest BCUT2D eigenvalue weighted by Crippen LogP contribution is -2.34. The quantitative estimate of drug-likeness (QED) is 0.716. The van der Waals surface area contributed by atoms with Crippen molar-refractivity contribution in [3.05, 3.63) is 65.8 Å². The van der Waals surface area contributed by atoms with E-state index in [4.69, 9.17) is 4.52 Å². The summed E-state index contributed by atoms with van der Waals surface area (Å²) in [6, 6.07) is 7.54. The molecule has 3 aromatic rings. The first-order valence-corrected chi connectivity index (χ1v) is 8.63. The molecule has 28 heavy (non-hydrogen) atoms. The maximum Gasteiger partial charge on any atom is 0.322 e. The standard InChI is InChI=1S/C19H15F3N4O2/c20-12-5-3-11(4-6-12)17-24-18(28-25-17)16-2-1-9-26(16)19(27)23-15-8-7-13(21)10-14(15)22/h3-8,10,16H,1-2,9H2,(H,23,27). The van der Waals surface area contributed by atoms with Gasteiger partial charge in [0.1, 0.15) is 23.5 Å². The molecule has 1 fully saturated rings. The molecule has 1 N–H and O–H groups in total. The molecule has 1 atom stereocenters. The first kappa shape index (κ1) is 18.0. The van der Waals surface area contributed by atoms with Crippen molar-refractivity contribution in [3.63, 3.8) is 0 Å². The fourth-order valence-electron chi connectivity index (χ4n) is 3.13. The summed E-state index contributed by atoms with van der Waals surface area (Å²) in [6.45, 7) is 0.424. The van der Waals surface area contributed by atoms with Crippen LogP contribution in [0.25, 0.3) is 11.4 Å². The van der Waals surface area contributed by atoms with Crippen LogP contribution < -0.4 is 5.32 Å². The van der Waals surface area contributed by atoms with Gasteiger partial charge in [0.25, 0.3) is 0 Å². The highest BCUT2D eigenvalue weighted by Gasteiger charge is 2.34. The van der Waals surface area contributed by atoms with Gasteiger partial charge in [-0.1, -0.05) is 5.16 Å². The van der Waals surface area contributed by atoms with Crippen molar-refractivity contribution in [3.8, 4) is 11.4 Å². The van der Waals surface area contributed by atoms with E-state index in [2.05, 4.69) is 15.5 Å². The molecule has 1 unspecified atom stereocenters. The zero-order chi connectivity index (χ0) is 19.7. The van der Waals surface area contributed by atoms with Gasteiger partial charge in [-0.25, -0.2) is 18.0 Å². The van der Waals surface area contributed by atoms with Crippen LogP contribution in [0.15, 0.2) is 47.0 Å². The summed E-state index contributed by atoms with van der Waals surface area (Å²) in [5.74, 6) is -1.44. The Bertz CT molecular complexity index is 1010. The summed E-state index contributed by atoms with van der Waals surface area (Å²) in [7, 11) is 0. The topological polar surface area (TPSA) is 71.3 Å². The van der Waals surface area contributed by atoms with E-state index in [1.165, 1.54) is 29.2 Å².